The molecule has 2 aromatic rings. The Morgan fingerprint density at radius 1 is 1.52 bits per heavy atom. The second-order valence-electron chi connectivity index (χ2n) is 6.95. The second-order valence-corrected chi connectivity index (χ2v) is 9.23. The zero-order valence-electron chi connectivity index (χ0n) is 15.4. The maximum absolute atomic E-state index is 12.4. The molecule has 1 aliphatic rings. The molecule has 1 amide bonds. The van der Waals surface area contributed by atoms with Crippen molar-refractivity contribution in [3.05, 3.63) is 42.7 Å². The van der Waals surface area contributed by atoms with Crippen LogP contribution in [0.1, 0.15) is 40.5 Å². The van der Waals surface area contributed by atoms with Crippen molar-refractivity contribution in [2.45, 2.75) is 40.0 Å². The molecule has 1 aliphatic carbocycles. The highest BCUT2D eigenvalue weighted by Crippen LogP contribution is 2.39. The number of carbonyl (C=O) groups is 1. The molecule has 0 bridgehead atoms. The molecule has 7 heteroatoms. The summed E-state index contributed by atoms with van der Waals surface area (Å²) in [5, 5.41) is 13.7. The van der Waals surface area contributed by atoms with E-state index in [-0.39, 0.29) is 12.5 Å². The van der Waals surface area contributed by atoms with Crippen LogP contribution in [0, 0.1) is 31.1 Å². The molecule has 1 heterocycles. The number of carbonyl (C=O) groups excluding carboxylic acids is 1. The fourth-order valence-corrected chi connectivity index (χ4v) is 5.34. The molecule has 0 fully saturated rings. The number of rotatable bonds is 4. The van der Waals surface area contributed by atoms with Crippen molar-refractivity contribution in [3.63, 3.8) is 0 Å². The highest BCUT2D eigenvalue weighted by atomic mass is 79.9. The van der Waals surface area contributed by atoms with Crippen molar-refractivity contribution in [3.8, 4) is 11.8 Å². The van der Waals surface area contributed by atoms with E-state index in [1.54, 1.807) is 6.07 Å². The van der Waals surface area contributed by atoms with E-state index in [9.17, 15) is 10.1 Å². The third kappa shape index (κ3) is 4.16. The Kier molecular flexibility index (Phi) is 6.15. The molecular formula is C20H20BrClN2O2S. The van der Waals surface area contributed by atoms with Crippen molar-refractivity contribution in [1.82, 2.24) is 0 Å². The van der Waals surface area contributed by atoms with Gasteiger partial charge >= 0.3 is 0 Å². The summed E-state index contributed by atoms with van der Waals surface area (Å²) in [5.41, 5.74) is 3.47. The van der Waals surface area contributed by atoms with Gasteiger partial charge in [0.2, 0.25) is 0 Å². The van der Waals surface area contributed by atoms with Gasteiger partial charge in [0.15, 0.2) is 6.61 Å². The number of fused-ring (bicyclic) bond motifs is 1. The average Bonchev–Trinajstić information content (AvgIpc) is 2.97. The van der Waals surface area contributed by atoms with E-state index in [0.29, 0.717) is 27.3 Å². The van der Waals surface area contributed by atoms with Crippen molar-refractivity contribution >= 4 is 49.8 Å². The summed E-state index contributed by atoms with van der Waals surface area (Å²) in [4.78, 5) is 13.6. The predicted molar refractivity (Wildman–Crippen MR) is 113 cm³/mol. The number of hydrogen-bond donors (Lipinski definition) is 1. The van der Waals surface area contributed by atoms with E-state index < -0.39 is 0 Å². The molecule has 4 nitrogen and oxygen atoms in total. The normalized spacial score (nSPS) is 15.8. The molecule has 1 aromatic heterocycles. The number of halogens is 2. The van der Waals surface area contributed by atoms with Crippen molar-refractivity contribution in [2.75, 3.05) is 11.9 Å². The quantitative estimate of drug-likeness (QED) is 0.618. The highest BCUT2D eigenvalue weighted by molar-refractivity contribution is 9.10. The molecule has 27 heavy (non-hydrogen) atoms. The molecule has 0 saturated heterocycles. The van der Waals surface area contributed by atoms with E-state index >= 15 is 0 Å². The molecule has 0 aliphatic heterocycles. The van der Waals surface area contributed by atoms with Crippen LogP contribution in [0.5, 0.6) is 5.75 Å². The third-order valence-electron chi connectivity index (χ3n) is 4.80. The van der Waals surface area contributed by atoms with Gasteiger partial charge in [-0.25, -0.2) is 0 Å². The summed E-state index contributed by atoms with van der Waals surface area (Å²) in [5.74, 6) is 0.906. The van der Waals surface area contributed by atoms with Gasteiger partial charge in [-0.3, -0.25) is 4.79 Å². The minimum atomic E-state index is -0.282. The lowest BCUT2D eigenvalue weighted by Gasteiger charge is -2.17. The number of nitrogens with one attached hydrogen (secondary N) is 1. The number of benzene rings is 1. The maximum atomic E-state index is 12.4. The minimum Gasteiger partial charge on any atom is -0.483 e. The molecule has 1 atom stereocenters. The molecule has 1 unspecified atom stereocenters. The van der Waals surface area contributed by atoms with Crippen LogP contribution < -0.4 is 10.1 Å². The monoisotopic (exact) mass is 466 g/mol. The summed E-state index contributed by atoms with van der Waals surface area (Å²) in [6, 6.07) is 4.06. The first-order valence-corrected chi connectivity index (χ1v) is 10.7. The lowest BCUT2D eigenvalue weighted by Crippen LogP contribution is -2.20. The fraction of sp³-hybridized carbons (Fsp3) is 0.400. The number of nitrogens with zero attached hydrogens (tertiary/aromatic N) is 1. The third-order valence-corrected chi connectivity index (χ3v) is 7.54. The van der Waals surface area contributed by atoms with Crippen LogP contribution in [0.4, 0.5) is 5.00 Å². The Morgan fingerprint density at radius 2 is 2.26 bits per heavy atom. The molecule has 3 rings (SSSR count). The van der Waals surface area contributed by atoms with E-state index in [4.69, 9.17) is 16.3 Å². The summed E-state index contributed by atoms with van der Waals surface area (Å²) >= 11 is 11.2. The van der Waals surface area contributed by atoms with Crippen LogP contribution in [-0.4, -0.2) is 12.5 Å². The zero-order valence-corrected chi connectivity index (χ0v) is 18.6. The first-order valence-electron chi connectivity index (χ1n) is 8.74. The molecule has 0 spiro atoms. The Morgan fingerprint density at radius 3 is 2.96 bits per heavy atom. The fourth-order valence-electron chi connectivity index (χ4n) is 3.27. The lowest BCUT2D eigenvalue weighted by molar-refractivity contribution is -0.118. The van der Waals surface area contributed by atoms with Gasteiger partial charge in [-0.1, -0.05) is 18.5 Å². The van der Waals surface area contributed by atoms with E-state index in [2.05, 4.69) is 34.2 Å². The Balaban J connectivity index is 1.72. The van der Waals surface area contributed by atoms with Gasteiger partial charge in [0.05, 0.1) is 10.0 Å². The number of aryl methyl sites for hydroxylation is 1. The number of anilines is 1. The smallest absolute Gasteiger partial charge is 0.262 e. The Bertz CT molecular complexity index is 949. The summed E-state index contributed by atoms with van der Waals surface area (Å²) in [6.07, 6.45) is 2.95. The molecule has 0 saturated carbocycles. The molecular weight excluding hydrogens is 448 g/mol. The average molecular weight is 468 g/mol. The summed E-state index contributed by atoms with van der Waals surface area (Å²) in [6.45, 7) is 5.87. The number of thiophene rings is 1. The van der Waals surface area contributed by atoms with Crippen molar-refractivity contribution in [1.29, 1.82) is 5.26 Å². The first-order chi connectivity index (χ1) is 12.8. The van der Waals surface area contributed by atoms with E-state index in [0.717, 1.165) is 40.4 Å². The predicted octanol–water partition coefficient (Wildman–Crippen LogP) is 5.79. The van der Waals surface area contributed by atoms with Crippen LogP contribution in [-0.2, 0) is 17.6 Å². The largest absolute Gasteiger partial charge is 0.483 e. The van der Waals surface area contributed by atoms with Gasteiger partial charge in [-0.2, -0.15) is 5.26 Å². The standard InChI is InChI=1S/C20H20BrClN2O2S/c1-10-4-5-13-14(8-23)20(27-16(13)6-10)24-17(25)9-26-15-7-11(2)19(22)12(3)18(15)21/h7,10H,4-6,9H2,1-3H3,(H,24,25). The summed E-state index contributed by atoms with van der Waals surface area (Å²) in [7, 11) is 0. The van der Waals surface area contributed by atoms with E-state index in [1.165, 1.54) is 16.2 Å². The van der Waals surface area contributed by atoms with Crippen molar-refractivity contribution < 1.29 is 9.53 Å². The van der Waals surface area contributed by atoms with Crippen LogP contribution >= 0.6 is 38.9 Å². The van der Waals surface area contributed by atoms with Gasteiger partial charge in [0, 0.05) is 9.90 Å². The molecule has 1 aromatic carbocycles. The van der Waals surface area contributed by atoms with Gasteiger partial charge in [-0.15, -0.1) is 11.3 Å². The minimum absolute atomic E-state index is 0.136. The van der Waals surface area contributed by atoms with Crippen molar-refractivity contribution in [2.24, 2.45) is 5.92 Å². The lowest BCUT2D eigenvalue weighted by atomic mass is 9.89. The first kappa shape index (κ1) is 20.2. The highest BCUT2D eigenvalue weighted by Gasteiger charge is 2.24. The van der Waals surface area contributed by atoms with Crippen LogP contribution in [0.3, 0.4) is 0 Å². The number of amides is 1. The number of ether oxygens (including phenoxy) is 1. The second kappa shape index (κ2) is 8.22. The van der Waals surface area contributed by atoms with Gasteiger partial charge in [0.25, 0.3) is 5.91 Å². The Hall–Kier alpha value is -1.55. The molecule has 142 valence electrons. The van der Waals surface area contributed by atoms with Gasteiger partial charge < -0.3 is 10.1 Å². The topological polar surface area (TPSA) is 62.1 Å². The number of nitriles is 1. The van der Waals surface area contributed by atoms with Crippen LogP contribution in [0.2, 0.25) is 5.02 Å². The van der Waals surface area contributed by atoms with Gasteiger partial charge in [0.1, 0.15) is 16.8 Å². The Labute approximate surface area is 176 Å². The van der Waals surface area contributed by atoms with E-state index in [1.807, 2.05) is 13.8 Å². The maximum Gasteiger partial charge on any atom is 0.262 e. The number of hydrogen-bond acceptors (Lipinski definition) is 4. The van der Waals surface area contributed by atoms with Crippen LogP contribution in [0.25, 0.3) is 0 Å². The molecule has 1 N–H and O–H groups in total. The van der Waals surface area contributed by atoms with Crippen LogP contribution in [0.15, 0.2) is 10.5 Å². The SMILES string of the molecule is Cc1cc(OCC(=O)Nc2sc3c(c2C#N)CCC(C)C3)c(Br)c(C)c1Cl. The van der Waals surface area contributed by atoms with Gasteiger partial charge in [-0.05, 0) is 77.7 Å². The zero-order chi connectivity index (χ0) is 19.7. The summed E-state index contributed by atoms with van der Waals surface area (Å²) < 4.78 is 6.42. The molecule has 0 radical (unpaired) electrons.